The summed E-state index contributed by atoms with van der Waals surface area (Å²) >= 11 is 0. The number of carbonyl (C=O) groups excluding carboxylic acids is 1. The molecule has 3 N–H and O–H groups in total. The second-order valence-corrected chi connectivity index (χ2v) is 7.84. The Morgan fingerprint density at radius 1 is 1.09 bits per heavy atom. The predicted molar refractivity (Wildman–Crippen MR) is 120 cm³/mol. The third kappa shape index (κ3) is 3.76. The highest BCUT2D eigenvalue weighted by Crippen LogP contribution is 2.39. The summed E-state index contributed by atoms with van der Waals surface area (Å²) in [4.78, 5) is 41.0. The van der Waals surface area contributed by atoms with Crippen molar-refractivity contribution in [3.8, 4) is 17.2 Å². The van der Waals surface area contributed by atoms with Gasteiger partial charge >= 0.3 is 6.09 Å². The van der Waals surface area contributed by atoms with E-state index < -0.39 is 6.09 Å². The van der Waals surface area contributed by atoms with Crippen LogP contribution in [0, 0.1) is 30.1 Å². The minimum Gasteiger partial charge on any atom is -0.465 e. The van der Waals surface area contributed by atoms with Gasteiger partial charge in [0.25, 0.3) is 0 Å². The number of hydrogen-bond acceptors (Lipinski definition) is 7. The molecular weight excluding hydrogens is 422 g/mol. The first-order chi connectivity index (χ1) is 15.9. The largest absolute Gasteiger partial charge is 0.465 e. The summed E-state index contributed by atoms with van der Waals surface area (Å²) < 4.78 is 0. The van der Waals surface area contributed by atoms with Gasteiger partial charge in [0.2, 0.25) is 5.91 Å². The van der Waals surface area contributed by atoms with Crippen LogP contribution in [0.2, 0.25) is 0 Å². The zero-order valence-corrected chi connectivity index (χ0v) is 17.4. The van der Waals surface area contributed by atoms with Gasteiger partial charge in [-0.05, 0) is 48.1 Å². The lowest BCUT2D eigenvalue weighted by atomic mass is 9.98. The van der Waals surface area contributed by atoms with Crippen molar-refractivity contribution in [3.05, 3.63) is 48.5 Å². The highest BCUT2D eigenvalue weighted by Gasteiger charge is 2.43. The molecule has 3 heterocycles. The van der Waals surface area contributed by atoms with Crippen LogP contribution in [-0.2, 0) is 4.79 Å². The van der Waals surface area contributed by atoms with E-state index in [1.54, 1.807) is 30.7 Å². The zero-order valence-electron chi connectivity index (χ0n) is 17.4. The number of nitrogens with zero attached hydrogens (tertiary/aromatic N) is 5. The fourth-order valence-electron chi connectivity index (χ4n) is 3.88. The molecule has 2 unspecified atom stereocenters. The number of rotatable bonds is 4. The lowest BCUT2D eigenvalue weighted by Gasteiger charge is -2.13. The molecule has 1 aliphatic carbocycles. The van der Waals surface area contributed by atoms with E-state index in [0.29, 0.717) is 39.9 Å². The monoisotopic (exact) mass is 439 g/mol. The third-order valence-electron chi connectivity index (χ3n) is 5.69. The number of hydrogen-bond donors (Lipinski definition) is 3. The minimum absolute atomic E-state index is 0.249. The van der Waals surface area contributed by atoms with Crippen LogP contribution in [0.15, 0.2) is 43.0 Å². The van der Waals surface area contributed by atoms with Gasteiger partial charge in [-0.25, -0.2) is 19.7 Å². The van der Waals surface area contributed by atoms with Gasteiger partial charge in [0.1, 0.15) is 11.3 Å². The second kappa shape index (κ2) is 7.80. The molecule has 33 heavy (non-hydrogen) atoms. The Kier molecular flexibility index (Phi) is 4.79. The number of nitriles is 1. The van der Waals surface area contributed by atoms with Gasteiger partial charge in [-0.3, -0.25) is 15.1 Å². The number of fused-ring (bicyclic) bond motifs is 2. The predicted octanol–water partition coefficient (Wildman–Crippen LogP) is 3.74. The van der Waals surface area contributed by atoms with Crippen LogP contribution in [0.25, 0.3) is 33.1 Å². The van der Waals surface area contributed by atoms with Crippen molar-refractivity contribution in [2.45, 2.75) is 13.3 Å². The molecule has 4 aromatic rings. The van der Waals surface area contributed by atoms with Gasteiger partial charge in [-0.15, -0.1) is 0 Å². The third-order valence-corrected chi connectivity index (χ3v) is 5.69. The molecule has 1 aliphatic rings. The van der Waals surface area contributed by atoms with Crippen LogP contribution in [-0.4, -0.2) is 37.0 Å². The van der Waals surface area contributed by atoms with E-state index in [0.717, 1.165) is 16.7 Å². The van der Waals surface area contributed by atoms with E-state index >= 15 is 0 Å². The zero-order chi connectivity index (χ0) is 23.1. The summed E-state index contributed by atoms with van der Waals surface area (Å²) in [6.45, 7) is 1.90. The van der Waals surface area contributed by atoms with E-state index in [2.05, 4.69) is 36.6 Å². The molecular formula is C23H17N7O3. The van der Waals surface area contributed by atoms with Crippen molar-refractivity contribution in [1.29, 1.82) is 5.26 Å². The van der Waals surface area contributed by atoms with Gasteiger partial charge in [0.05, 0.1) is 23.6 Å². The molecule has 0 bridgehead atoms. The topological polar surface area (TPSA) is 154 Å². The molecule has 1 saturated carbocycles. The lowest BCUT2D eigenvalue weighted by Crippen LogP contribution is -2.15. The smallest absolute Gasteiger partial charge is 0.409 e. The molecule has 0 saturated heterocycles. The van der Waals surface area contributed by atoms with E-state index in [1.807, 2.05) is 13.0 Å². The molecule has 1 aromatic carbocycles. The first-order valence-corrected chi connectivity index (χ1v) is 10.2. The Balaban J connectivity index is 1.60. The number of anilines is 2. The van der Waals surface area contributed by atoms with Gasteiger partial charge in [-0.1, -0.05) is 0 Å². The van der Waals surface area contributed by atoms with E-state index in [-0.39, 0.29) is 17.7 Å². The number of pyridine rings is 2. The Bertz CT molecular complexity index is 1500. The molecule has 10 nitrogen and oxygen atoms in total. The number of aryl methyl sites for hydroxylation is 1. The number of carbonyl (C=O) groups is 2. The standard InChI is InChI=1S/C23H17N7O3/c1-11-16(9-28-21-20(11)25-2-3-26-21)12-4-13-7-19(30-22(31)15-5-14(15)8-24)27-10-17(13)18(6-12)29-23(32)33/h2-4,6-7,9-10,14-15,29H,5H2,1H3,(H,32,33)(H,27,30,31). The van der Waals surface area contributed by atoms with Crippen LogP contribution in [0.3, 0.4) is 0 Å². The molecule has 5 rings (SSSR count). The SMILES string of the molecule is Cc1c(-c2cc(NC(=O)O)c3cnc(NC(=O)C4CC4C#N)cc3c2)cnc2nccnc12. The minimum atomic E-state index is -1.21. The highest BCUT2D eigenvalue weighted by atomic mass is 16.4. The maximum Gasteiger partial charge on any atom is 0.409 e. The van der Waals surface area contributed by atoms with E-state index in [1.165, 1.54) is 6.20 Å². The van der Waals surface area contributed by atoms with E-state index in [4.69, 9.17) is 5.26 Å². The van der Waals surface area contributed by atoms with Crippen molar-refractivity contribution in [1.82, 2.24) is 19.9 Å². The summed E-state index contributed by atoms with van der Waals surface area (Å²) in [6, 6.07) is 7.36. The van der Waals surface area contributed by atoms with E-state index in [9.17, 15) is 14.7 Å². The molecule has 0 aliphatic heterocycles. The van der Waals surface area contributed by atoms with Crippen molar-refractivity contribution in [3.63, 3.8) is 0 Å². The van der Waals surface area contributed by atoms with Gasteiger partial charge in [0, 0.05) is 35.7 Å². The maximum atomic E-state index is 12.3. The summed E-state index contributed by atoms with van der Waals surface area (Å²) in [5.74, 6) is -0.499. The normalized spacial score (nSPS) is 16.8. The van der Waals surface area contributed by atoms with Crippen molar-refractivity contribution in [2.24, 2.45) is 11.8 Å². The Hall–Kier alpha value is -4.65. The fraction of sp³-hybridized carbons (Fsp3) is 0.174. The molecule has 2 atom stereocenters. The second-order valence-electron chi connectivity index (χ2n) is 7.84. The van der Waals surface area contributed by atoms with Crippen molar-refractivity contribution in [2.75, 3.05) is 10.6 Å². The average molecular weight is 439 g/mol. The van der Waals surface area contributed by atoms with Crippen molar-refractivity contribution >= 4 is 45.4 Å². The quantitative estimate of drug-likeness (QED) is 0.434. The van der Waals surface area contributed by atoms with Crippen LogP contribution in [0.5, 0.6) is 0 Å². The Morgan fingerprint density at radius 2 is 1.91 bits per heavy atom. The Labute approximate surface area is 187 Å². The molecule has 10 heteroatoms. The number of nitrogens with one attached hydrogen (secondary N) is 2. The lowest BCUT2D eigenvalue weighted by molar-refractivity contribution is -0.117. The fourth-order valence-corrected chi connectivity index (χ4v) is 3.88. The Morgan fingerprint density at radius 3 is 2.67 bits per heavy atom. The van der Waals surface area contributed by atoms with Gasteiger partial charge in [-0.2, -0.15) is 5.26 Å². The summed E-state index contributed by atoms with van der Waals surface area (Å²) in [7, 11) is 0. The molecule has 0 spiro atoms. The van der Waals surface area contributed by atoms with Gasteiger partial charge < -0.3 is 10.4 Å². The van der Waals surface area contributed by atoms with Crippen LogP contribution >= 0.6 is 0 Å². The molecule has 1 fully saturated rings. The number of carboxylic acid groups (broad SMARTS) is 1. The molecule has 162 valence electrons. The highest BCUT2D eigenvalue weighted by molar-refractivity contribution is 6.04. The average Bonchev–Trinajstić information content (AvgIpc) is 3.59. The maximum absolute atomic E-state index is 12.3. The number of amides is 2. The number of benzene rings is 1. The first-order valence-electron chi connectivity index (χ1n) is 10.2. The summed E-state index contributed by atoms with van der Waals surface area (Å²) in [5.41, 5.74) is 3.88. The first kappa shape index (κ1) is 20.3. The summed E-state index contributed by atoms with van der Waals surface area (Å²) in [5, 5.41) is 24.7. The van der Waals surface area contributed by atoms with Gasteiger partial charge in [0.15, 0.2) is 5.65 Å². The number of aromatic nitrogens is 4. The molecule has 3 aromatic heterocycles. The van der Waals surface area contributed by atoms with Crippen LogP contribution in [0.4, 0.5) is 16.3 Å². The molecule has 0 radical (unpaired) electrons. The van der Waals surface area contributed by atoms with Crippen LogP contribution in [0.1, 0.15) is 12.0 Å². The summed E-state index contributed by atoms with van der Waals surface area (Å²) in [6.07, 6.45) is 5.69. The van der Waals surface area contributed by atoms with Crippen molar-refractivity contribution < 1.29 is 14.7 Å². The molecule has 2 amide bonds. The van der Waals surface area contributed by atoms with Crippen LogP contribution < -0.4 is 10.6 Å².